The van der Waals surface area contributed by atoms with Gasteiger partial charge in [0.05, 0.1) is 17.9 Å². The van der Waals surface area contributed by atoms with Gasteiger partial charge in [0.1, 0.15) is 11.5 Å². The number of hydrogen-bond acceptors (Lipinski definition) is 6. The first-order valence-electron chi connectivity index (χ1n) is 10.1. The average molecular weight is 493 g/mol. The SMILES string of the molecule is CCS(=O)(=O)N[C@H]1CCN(C2=NOC(c3cc(C(F)(F)F)nn3-c3c(F)cccc3F)C2)C1. The summed E-state index contributed by atoms with van der Waals surface area (Å²) in [5, 5.41) is 7.33. The molecule has 1 N–H and O–H groups in total. The number of likely N-dealkylation sites (tertiary alicyclic amines) is 1. The van der Waals surface area contributed by atoms with Crippen molar-refractivity contribution in [2.45, 2.75) is 38.1 Å². The molecule has 4 rings (SSSR count). The Hall–Kier alpha value is -2.74. The summed E-state index contributed by atoms with van der Waals surface area (Å²) in [5.74, 6) is -1.84. The fourth-order valence-electron chi connectivity index (χ4n) is 3.77. The van der Waals surface area contributed by atoms with Gasteiger partial charge in [-0.25, -0.2) is 26.6 Å². The van der Waals surface area contributed by atoms with E-state index in [9.17, 15) is 30.4 Å². The molecule has 1 aromatic carbocycles. The molecule has 2 aliphatic rings. The van der Waals surface area contributed by atoms with Gasteiger partial charge in [-0.2, -0.15) is 18.3 Å². The lowest BCUT2D eigenvalue weighted by Crippen LogP contribution is -2.38. The number of sulfonamides is 1. The number of benzene rings is 1. The fraction of sp³-hybridized carbons (Fsp3) is 0.474. The van der Waals surface area contributed by atoms with Crippen LogP contribution in [0.5, 0.6) is 0 Å². The summed E-state index contributed by atoms with van der Waals surface area (Å²) < 4.78 is 95.3. The molecule has 1 saturated heterocycles. The first kappa shape index (κ1) is 23.4. The second kappa shape index (κ2) is 8.56. The Morgan fingerprint density at radius 3 is 2.58 bits per heavy atom. The largest absolute Gasteiger partial charge is 0.435 e. The van der Waals surface area contributed by atoms with Crippen molar-refractivity contribution in [2.24, 2.45) is 5.16 Å². The quantitative estimate of drug-likeness (QED) is 0.648. The Labute approximate surface area is 186 Å². The molecule has 0 radical (unpaired) electrons. The Morgan fingerprint density at radius 1 is 1.24 bits per heavy atom. The van der Waals surface area contributed by atoms with E-state index >= 15 is 0 Å². The van der Waals surface area contributed by atoms with E-state index in [1.165, 1.54) is 6.92 Å². The molecule has 14 heteroatoms. The standard InChI is InChI=1S/C19H20F5N5O3S/c1-2-33(30,31)27-11-6-7-28(10-11)17-9-15(32-26-17)14-8-16(19(22,23)24)25-29(14)18-12(20)4-3-5-13(18)21/h3-5,8,11,15,27H,2,6-7,9-10H2,1H3/t11-,15?/m0/s1. The van der Waals surface area contributed by atoms with E-state index in [0.717, 1.165) is 18.2 Å². The molecule has 33 heavy (non-hydrogen) atoms. The summed E-state index contributed by atoms with van der Waals surface area (Å²) in [6.45, 7) is 2.29. The molecule has 8 nitrogen and oxygen atoms in total. The van der Waals surface area contributed by atoms with Gasteiger partial charge >= 0.3 is 6.18 Å². The summed E-state index contributed by atoms with van der Waals surface area (Å²) in [6, 6.07) is 3.25. The number of halogens is 5. The number of oxime groups is 1. The van der Waals surface area contributed by atoms with Crippen LogP contribution in [0, 0.1) is 11.6 Å². The van der Waals surface area contributed by atoms with Crippen molar-refractivity contribution in [2.75, 3.05) is 18.8 Å². The first-order chi connectivity index (χ1) is 15.5. The maximum Gasteiger partial charge on any atom is 0.435 e. The van der Waals surface area contributed by atoms with Gasteiger partial charge in [-0.05, 0) is 31.5 Å². The number of nitrogens with zero attached hydrogens (tertiary/aromatic N) is 4. The van der Waals surface area contributed by atoms with Crippen molar-refractivity contribution in [3.8, 4) is 5.69 Å². The number of nitrogens with one attached hydrogen (secondary N) is 1. The minimum absolute atomic E-state index is 0.0201. The number of rotatable bonds is 5. The van der Waals surface area contributed by atoms with E-state index in [1.54, 1.807) is 4.90 Å². The lowest BCUT2D eigenvalue weighted by Gasteiger charge is -2.18. The normalized spacial score (nSPS) is 21.4. The molecule has 1 aromatic heterocycles. The molecule has 1 unspecified atom stereocenters. The Balaban J connectivity index is 1.57. The average Bonchev–Trinajstić information content (AvgIpc) is 3.46. The second-order valence-electron chi connectivity index (χ2n) is 7.69. The number of amidine groups is 1. The number of para-hydroxylation sites is 1. The molecule has 0 amide bonds. The maximum absolute atomic E-state index is 14.3. The van der Waals surface area contributed by atoms with Crippen molar-refractivity contribution in [3.63, 3.8) is 0 Å². The van der Waals surface area contributed by atoms with Crippen molar-refractivity contribution >= 4 is 15.9 Å². The number of aromatic nitrogens is 2. The van der Waals surface area contributed by atoms with Crippen molar-refractivity contribution < 1.29 is 35.2 Å². The zero-order valence-corrected chi connectivity index (χ0v) is 18.1. The molecule has 2 aromatic rings. The van der Waals surface area contributed by atoms with E-state index in [0.29, 0.717) is 36.1 Å². The Morgan fingerprint density at radius 2 is 1.94 bits per heavy atom. The molecule has 0 spiro atoms. The third kappa shape index (κ3) is 4.81. The maximum atomic E-state index is 14.3. The van der Waals surface area contributed by atoms with Crippen LogP contribution in [0.15, 0.2) is 29.4 Å². The number of hydrogen-bond donors (Lipinski definition) is 1. The van der Waals surface area contributed by atoms with E-state index in [1.807, 2.05) is 0 Å². The zero-order valence-electron chi connectivity index (χ0n) is 17.3. The molecular weight excluding hydrogens is 473 g/mol. The topological polar surface area (TPSA) is 88.8 Å². The minimum Gasteiger partial charge on any atom is -0.384 e. The first-order valence-corrected chi connectivity index (χ1v) is 11.7. The van der Waals surface area contributed by atoms with Gasteiger partial charge in [-0.15, -0.1) is 0 Å². The third-order valence-corrected chi connectivity index (χ3v) is 6.89. The lowest BCUT2D eigenvalue weighted by molar-refractivity contribution is -0.141. The Kier molecular flexibility index (Phi) is 6.07. The highest BCUT2D eigenvalue weighted by Crippen LogP contribution is 2.36. The molecule has 0 saturated carbocycles. The number of alkyl halides is 3. The summed E-state index contributed by atoms with van der Waals surface area (Å²) in [7, 11) is -3.40. The van der Waals surface area contributed by atoms with Crippen molar-refractivity contribution in [1.29, 1.82) is 0 Å². The molecule has 1 fully saturated rings. The molecule has 3 heterocycles. The van der Waals surface area contributed by atoms with Gasteiger partial charge in [-0.1, -0.05) is 11.2 Å². The third-order valence-electron chi connectivity index (χ3n) is 5.44. The zero-order chi connectivity index (χ0) is 24.0. The second-order valence-corrected chi connectivity index (χ2v) is 9.74. The molecule has 2 atom stereocenters. The van der Waals surface area contributed by atoms with E-state index in [-0.39, 0.29) is 23.9 Å². The summed E-state index contributed by atoms with van der Waals surface area (Å²) in [5.41, 5.74) is -2.30. The van der Waals surface area contributed by atoms with Crippen LogP contribution in [0.1, 0.15) is 37.3 Å². The fourth-order valence-corrected chi connectivity index (χ4v) is 4.64. The smallest absolute Gasteiger partial charge is 0.384 e. The van der Waals surface area contributed by atoms with Crippen LogP contribution >= 0.6 is 0 Å². The van der Waals surface area contributed by atoms with Gasteiger partial charge in [0, 0.05) is 19.1 Å². The minimum atomic E-state index is -4.84. The van der Waals surface area contributed by atoms with Crippen LogP contribution in [0.2, 0.25) is 0 Å². The van der Waals surface area contributed by atoms with E-state index in [4.69, 9.17) is 4.84 Å². The predicted molar refractivity (Wildman–Crippen MR) is 107 cm³/mol. The highest BCUT2D eigenvalue weighted by Gasteiger charge is 2.40. The molecular formula is C19H20F5N5O3S. The van der Waals surface area contributed by atoms with Gasteiger partial charge in [0.2, 0.25) is 10.0 Å². The van der Waals surface area contributed by atoms with Gasteiger partial charge in [-0.3, -0.25) is 0 Å². The van der Waals surface area contributed by atoms with Gasteiger partial charge < -0.3 is 9.74 Å². The van der Waals surface area contributed by atoms with Crippen molar-refractivity contribution in [1.82, 2.24) is 19.4 Å². The summed E-state index contributed by atoms with van der Waals surface area (Å²) >= 11 is 0. The van der Waals surface area contributed by atoms with Crippen LogP contribution in [-0.4, -0.2) is 53.8 Å². The van der Waals surface area contributed by atoms with Crippen LogP contribution in [0.4, 0.5) is 22.0 Å². The molecule has 0 aliphatic carbocycles. The predicted octanol–water partition coefficient (Wildman–Crippen LogP) is 2.96. The van der Waals surface area contributed by atoms with E-state index < -0.39 is 45.3 Å². The molecule has 180 valence electrons. The summed E-state index contributed by atoms with van der Waals surface area (Å²) in [4.78, 5) is 7.09. The molecule has 0 bridgehead atoms. The molecule has 2 aliphatic heterocycles. The highest BCUT2D eigenvalue weighted by atomic mass is 32.2. The van der Waals surface area contributed by atoms with Crippen LogP contribution in [0.3, 0.4) is 0 Å². The van der Waals surface area contributed by atoms with Crippen LogP contribution < -0.4 is 4.72 Å². The van der Waals surface area contributed by atoms with Crippen LogP contribution in [-0.2, 0) is 21.0 Å². The highest BCUT2D eigenvalue weighted by molar-refractivity contribution is 7.89. The van der Waals surface area contributed by atoms with E-state index in [2.05, 4.69) is 15.0 Å². The van der Waals surface area contributed by atoms with Crippen molar-refractivity contribution in [3.05, 3.63) is 47.3 Å². The Bertz CT molecular complexity index is 1160. The lowest BCUT2D eigenvalue weighted by atomic mass is 10.1. The van der Waals surface area contributed by atoms with Gasteiger partial charge in [0.15, 0.2) is 23.4 Å². The van der Waals surface area contributed by atoms with Crippen LogP contribution in [0.25, 0.3) is 5.69 Å². The van der Waals surface area contributed by atoms with Gasteiger partial charge in [0.25, 0.3) is 0 Å². The summed E-state index contributed by atoms with van der Waals surface area (Å²) in [6.07, 6.45) is -5.39. The monoisotopic (exact) mass is 493 g/mol.